The molecule has 5 nitrogen and oxygen atoms in total. The third-order valence-electron chi connectivity index (χ3n) is 3.36. The number of benzene rings is 2. The maximum Gasteiger partial charge on any atom is 0.383 e. The zero-order chi connectivity index (χ0) is 16.7. The highest BCUT2D eigenvalue weighted by atomic mass is 31.2. The predicted octanol–water partition coefficient (Wildman–Crippen LogP) is 3.40. The van der Waals surface area contributed by atoms with Crippen molar-refractivity contribution >= 4 is 13.6 Å². The Morgan fingerprint density at radius 3 is 2.26 bits per heavy atom. The molecule has 0 amide bonds. The standard InChI is InChI=1S/C17H20NO4P/c18-16(15-9-5-2-6-10-15)11-12-17(19)22-23(20,21)13-14-7-3-1-4-8-14/h1-10,16H,11-13,18H2,(H,20,21). The van der Waals surface area contributed by atoms with Gasteiger partial charge in [0.1, 0.15) is 0 Å². The van der Waals surface area contributed by atoms with Crippen LogP contribution in [0.3, 0.4) is 0 Å². The Morgan fingerprint density at radius 1 is 1.09 bits per heavy atom. The molecule has 0 radical (unpaired) electrons. The topological polar surface area (TPSA) is 89.6 Å². The van der Waals surface area contributed by atoms with Gasteiger partial charge in [-0.05, 0) is 17.5 Å². The molecular weight excluding hydrogens is 313 g/mol. The van der Waals surface area contributed by atoms with E-state index in [4.69, 9.17) is 10.3 Å². The Labute approximate surface area is 135 Å². The summed E-state index contributed by atoms with van der Waals surface area (Å²) in [5, 5.41) is 0. The Morgan fingerprint density at radius 2 is 1.65 bits per heavy atom. The molecule has 2 aromatic carbocycles. The van der Waals surface area contributed by atoms with Crippen molar-refractivity contribution < 1.29 is 18.8 Å². The van der Waals surface area contributed by atoms with E-state index in [1.54, 1.807) is 24.3 Å². The van der Waals surface area contributed by atoms with Crippen molar-refractivity contribution in [1.29, 1.82) is 0 Å². The van der Waals surface area contributed by atoms with E-state index in [1.807, 2.05) is 36.4 Å². The zero-order valence-electron chi connectivity index (χ0n) is 12.7. The van der Waals surface area contributed by atoms with Gasteiger partial charge in [-0.2, -0.15) is 0 Å². The Kier molecular flexibility index (Phi) is 6.11. The minimum atomic E-state index is -3.99. The van der Waals surface area contributed by atoms with Crippen molar-refractivity contribution in [1.82, 2.24) is 0 Å². The molecule has 6 heteroatoms. The minimum Gasteiger partial charge on any atom is -0.391 e. The van der Waals surface area contributed by atoms with Crippen LogP contribution in [0.2, 0.25) is 0 Å². The summed E-state index contributed by atoms with van der Waals surface area (Å²) in [6.45, 7) is 0. The van der Waals surface area contributed by atoms with Gasteiger partial charge in [0.05, 0.1) is 6.16 Å². The lowest BCUT2D eigenvalue weighted by Gasteiger charge is -2.14. The van der Waals surface area contributed by atoms with E-state index < -0.39 is 13.6 Å². The molecule has 0 fully saturated rings. The smallest absolute Gasteiger partial charge is 0.383 e. The molecule has 0 aliphatic rings. The third kappa shape index (κ3) is 5.99. The Hall–Kier alpha value is -1.94. The molecule has 2 rings (SSSR count). The summed E-state index contributed by atoms with van der Waals surface area (Å²) in [5.74, 6) is -0.710. The Bertz CT molecular complexity index is 676. The fraction of sp³-hybridized carbons (Fsp3) is 0.235. The molecule has 0 saturated carbocycles. The lowest BCUT2D eigenvalue weighted by Crippen LogP contribution is -2.13. The summed E-state index contributed by atoms with van der Waals surface area (Å²) in [4.78, 5) is 21.6. The molecule has 23 heavy (non-hydrogen) atoms. The van der Waals surface area contributed by atoms with Crippen LogP contribution in [-0.4, -0.2) is 10.9 Å². The van der Waals surface area contributed by atoms with E-state index in [9.17, 15) is 14.3 Å². The lowest BCUT2D eigenvalue weighted by atomic mass is 10.0. The van der Waals surface area contributed by atoms with Crippen molar-refractivity contribution in [3.8, 4) is 0 Å². The second-order valence-electron chi connectivity index (χ2n) is 5.30. The lowest BCUT2D eigenvalue weighted by molar-refractivity contribution is -0.135. The Balaban J connectivity index is 1.83. The number of hydrogen-bond acceptors (Lipinski definition) is 4. The van der Waals surface area contributed by atoms with Gasteiger partial charge in [0.2, 0.25) is 0 Å². The van der Waals surface area contributed by atoms with Crippen LogP contribution in [0.5, 0.6) is 0 Å². The van der Waals surface area contributed by atoms with Crippen molar-refractivity contribution in [3.05, 3.63) is 71.8 Å². The van der Waals surface area contributed by atoms with Crippen LogP contribution in [0.1, 0.15) is 30.0 Å². The van der Waals surface area contributed by atoms with Gasteiger partial charge in [-0.1, -0.05) is 60.7 Å². The molecule has 0 spiro atoms. The van der Waals surface area contributed by atoms with Crippen molar-refractivity contribution in [2.45, 2.75) is 25.0 Å². The number of hydrogen-bond donors (Lipinski definition) is 2. The van der Waals surface area contributed by atoms with Gasteiger partial charge in [0, 0.05) is 12.5 Å². The van der Waals surface area contributed by atoms with Gasteiger partial charge < -0.3 is 15.2 Å². The number of carbonyl (C=O) groups is 1. The molecule has 3 N–H and O–H groups in total. The normalized spacial score (nSPS) is 14.7. The van der Waals surface area contributed by atoms with Crippen LogP contribution in [-0.2, 0) is 20.0 Å². The molecule has 2 unspecified atom stereocenters. The van der Waals surface area contributed by atoms with E-state index in [2.05, 4.69) is 0 Å². The second-order valence-corrected chi connectivity index (χ2v) is 7.07. The fourth-order valence-corrected chi connectivity index (χ4v) is 3.34. The zero-order valence-corrected chi connectivity index (χ0v) is 13.6. The molecule has 0 aliphatic carbocycles. The van der Waals surface area contributed by atoms with E-state index in [1.165, 1.54) is 0 Å². The summed E-state index contributed by atoms with van der Waals surface area (Å²) in [6, 6.07) is 17.8. The maximum atomic E-state index is 12.0. The first kappa shape index (κ1) is 17.4. The SMILES string of the molecule is NC(CCC(=O)OP(=O)(O)Cc1ccccc1)c1ccccc1. The summed E-state index contributed by atoms with van der Waals surface area (Å²) < 4.78 is 16.7. The van der Waals surface area contributed by atoms with Crippen molar-refractivity contribution in [2.75, 3.05) is 0 Å². The van der Waals surface area contributed by atoms with E-state index in [-0.39, 0.29) is 18.6 Å². The highest BCUT2D eigenvalue weighted by Gasteiger charge is 2.24. The molecule has 0 heterocycles. The molecule has 0 saturated heterocycles. The monoisotopic (exact) mass is 333 g/mol. The molecular formula is C17H20NO4P. The number of carbonyl (C=O) groups excluding carboxylic acids is 1. The van der Waals surface area contributed by atoms with Crippen LogP contribution >= 0.6 is 7.60 Å². The first-order valence-corrected chi connectivity index (χ1v) is 9.11. The van der Waals surface area contributed by atoms with Gasteiger partial charge in [-0.25, -0.2) is 4.57 Å². The first-order chi connectivity index (χ1) is 11.0. The van der Waals surface area contributed by atoms with E-state index >= 15 is 0 Å². The van der Waals surface area contributed by atoms with Gasteiger partial charge in [0.15, 0.2) is 0 Å². The van der Waals surface area contributed by atoms with Gasteiger partial charge >= 0.3 is 13.6 Å². The number of rotatable bonds is 7. The van der Waals surface area contributed by atoms with Gasteiger partial charge in [-0.3, -0.25) is 4.79 Å². The van der Waals surface area contributed by atoms with Crippen LogP contribution in [0.4, 0.5) is 0 Å². The molecule has 2 aromatic rings. The molecule has 0 aromatic heterocycles. The highest BCUT2D eigenvalue weighted by Crippen LogP contribution is 2.46. The minimum absolute atomic E-state index is 0.00456. The van der Waals surface area contributed by atoms with Crippen LogP contribution in [0.15, 0.2) is 60.7 Å². The van der Waals surface area contributed by atoms with E-state index in [0.717, 1.165) is 5.56 Å². The third-order valence-corrected chi connectivity index (χ3v) is 4.61. The average Bonchev–Trinajstić information content (AvgIpc) is 2.53. The largest absolute Gasteiger partial charge is 0.391 e. The number of nitrogens with two attached hydrogens (primary N) is 1. The van der Waals surface area contributed by atoms with Gasteiger partial charge in [0.25, 0.3) is 0 Å². The predicted molar refractivity (Wildman–Crippen MR) is 88.7 cm³/mol. The first-order valence-electron chi connectivity index (χ1n) is 7.35. The van der Waals surface area contributed by atoms with Gasteiger partial charge in [-0.15, -0.1) is 0 Å². The van der Waals surface area contributed by atoms with Crippen molar-refractivity contribution in [3.63, 3.8) is 0 Å². The quantitative estimate of drug-likeness (QED) is 0.758. The average molecular weight is 333 g/mol. The summed E-state index contributed by atoms with van der Waals surface area (Å²) in [5.41, 5.74) is 7.55. The summed E-state index contributed by atoms with van der Waals surface area (Å²) in [6.07, 6.45) is 0.161. The fourth-order valence-electron chi connectivity index (χ4n) is 2.19. The second kappa shape index (κ2) is 8.06. The van der Waals surface area contributed by atoms with Crippen LogP contribution in [0.25, 0.3) is 0 Å². The molecule has 122 valence electrons. The van der Waals surface area contributed by atoms with Crippen molar-refractivity contribution in [2.24, 2.45) is 5.73 Å². The van der Waals surface area contributed by atoms with E-state index in [0.29, 0.717) is 12.0 Å². The highest BCUT2D eigenvalue weighted by molar-refractivity contribution is 7.52. The maximum absolute atomic E-state index is 12.0. The summed E-state index contributed by atoms with van der Waals surface area (Å²) >= 11 is 0. The molecule has 0 bridgehead atoms. The molecule has 2 atom stereocenters. The van der Waals surface area contributed by atoms with Crippen LogP contribution in [0, 0.1) is 0 Å². The molecule has 0 aliphatic heterocycles. The van der Waals surface area contributed by atoms with Crippen LogP contribution < -0.4 is 5.73 Å². The summed E-state index contributed by atoms with van der Waals surface area (Å²) in [7, 11) is -3.99.